The number of rotatable bonds is 8. The highest BCUT2D eigenvalue weighted by Crippen LogP contribution is 2.48. The predicted octanol–water partition coefficient (Wildman–Crippen LogP) is 6.04. The number of nitrogens with zero attached hydrogens (tertiary/aromatic N) is 3. The highest BCUT2D eigenvalue weighted by molar-refractivity contribution is 6.74. The molecular weight excluding hydrogens is 538 g/mol. The second kappa shape index (κ2) is 11.3. The van der Waals surface area contributed by atoms with Gasteiger partial charge in [-0.15, -0.1) is 0 Å². The quantitative estimate of drug-likeness (QED) is 0.283. The molecule has 4 atom stereocenters. The predicted molar refractivity (Wildman–Crippen MR) is 164 cm³/mol. The third-order valence-electron chi connectivity index (χ3n) is 8.34. The Morgan fingerprint density at radius 2 is 1.88 bits per heavy atom. The maximum Gasteiger partial charge on any atom is 0.407 e. The van der Waals surface area contributed by atoms with Crippen LogP contribution in [0.2, 0.25) is 18.1 Å². The molecular formula is C30H49N5O5Si. The van der Waals surface area contributed by atoms with Crippen molar-refractivity contribution in [3.8, 4) is 0 Å². The molecule has 3 heterocycles. The fourth-order valence-corrected chi connectivity index (χ4v) is 6.44. The summed E-state index contributed by atoms with van der Waals surface area (Å²) in [5, 5.41) is 3.93. The van der Waals surface area contributed by atoms with Gasteiger partial charge in [0.1, 0.15) is 29.5 Å². The van der Waals surface area contributed by atoms with Crippen LogP contribution in [0.15, 0.2) is 18.6 Å². The summed E-state index contributed by atoms with van der Waals surface area (Å²) in [7, 11) is -1.80. The summed E-state index contributed by atoms with van der Waals surface area (Å²) in [5.41, 5.74) is 7.52. The molecule has 0 spiro atoms. The summed E-state index contributed by atoms with van der Waals surface area (Å²) < 4.78 is 26.7. The molecule has 1 saturated carbocycles. The number of fused-ring (bicyclic) bond motifs is 2. The van der Waals surface area contributed by atoms with Gasteiger partial charge in [-0.3, -0.25) is 0 Å². The first-order chi connectivity index (χ1) is 18.9. The van der Waals surface area contributed by atoms with E-state index in [1.165, 1.54) is 6.33 Å². The van der Waals surface area contributed by atoms with Gasteiger partial charge in [0.05, 0.1) is 17.5 Å². The molecule has 1 aliphatic carbocycles. The number of ether oxygens (including phenoxy) is 3. The summed E-state index contributed by atoms with van der Waals surface area (Å²) in [6, 6.07) is -0.0620. The molecule has 41 heavy (non-hydrogen) atoms. The Bertz CT molecular complexity index is 1280. The zero-order chi connectivity index (χ0) is 30.4. The van der Waals surface area contributed by atoms with Crippen molar-refractivity contribution in [2.45, 2.75) is 116 Å². The van der Waals surface area contributed by atoms with Crippen LogP contribution in [-0.4, -0.2) is 65.7 Å². The van der Waals surface area contributed by atoms with Crippen LogP contribution >= 0.6 is 0 Å². The molecule has 0 radical (unpaired) electrons. The Labute approximate surface area is 245 Å². The molecule has 1 amide bonds. The lowest BCUT2D eigenvalue weighted by Crippen LogP contribution is -2.40. The number of hydrogen-bond donors (Lipinski definition) is 2. The van der Waals surface area contributed by atoms with Gasteiger partial charge in [0.15, 0.2) is 14.1 Å². The first-order valence-electron chi connectivity index (χ1n) is 14.6. The molecule has 1 saturated heterocycles. The van der Waals surface area contributed by atoms with Crippen molar-refractivity contribution in [2.24, 2.45) is 5.92 Å². The number of amides is 1. The maximum atomic E-state index is 12.4. The fraction of sp³-hybridized carbons (Fsp3) is 0.700. The Balaban J connectivity index is 1.55. The Morgan fingerprint density at radius 3 is 2.54 bits per heavy atom. The molecule has 2 aromatic heterocycles. The van der Waals surface area contributed by atoms with E-state index in [0.29, 0.717) is 19.0 Å². The van der Waals surface area contributed by atoms with Crippen LogP contribution in [0.4, 0.5) is 10.6 Å². The van der Waals surface area contributed by atoms with E-state index in [1.807, 2.05) is 34.6 Å². The molecule has 4 rings (SSSR count). The van der Waals surface area contributed by atoms with Crippen LogP contribution in [-0.2, 0) is 18.6 Å². The largest absolute Gasteiger partial charge is 0.444 e. The lowest BCUT2D eigenvalue weighted by molar-refractivity contribution is -0.160. The molecule has 11 heteroatoms. The maximum absolute atomic E-state index is 12.4. The van der Waals surface area contributed by atoms with Crippen molar-refractivity contribution in [3.63, 3.8) is 0 Å². The minimum atomic E-state index is -1.80. The smallest absolute Gasteiger partial charge is 0.407 e. The summed E-state index contributed by atoms with van der Waals surface area (Å²) in [5.74, 6) is -0.267. The van der Waals surface area contributed by atoms with E-state index in [0.717, 1.165) is 29.4 Å². The van der Waals surface area contributed by atoms with Crippen molar-refractivity contribution in [2.75, 3.05) is 18.9 Å². The number of aromatic nitrogens is 3. The van der Waals surface area contributed by atoms with E-state index >= 15 is 0 Å². The lowest BCUT2D eigenvalue weighted by atomic mass is 10.1. The van der Waals surface area contributed by atoms with E-state index < -0.39 is 25.8 Å². The Morgan fingerprint density at radius 1 is 1.20 bits per heavy atom. The van der Waals surface area contributed by atoms with Gasteiger partial charge in [0, 0.05) is 30.8 Å². The van der Waals surface area contributed by atoms with Crippen molar-refractivity contribution in [1.29, 1.82) is 0 Å². The van der Waals surface area contributed by atoms with Crippen molar-refractivity contribution >= 4 is 37.3 Å². The highest BCUT2D eigenvalue weighted by atomic mass is 28.4. The normalized spacial score (nSPS) is 24.7. The van der Waals surface area contributed by atoms with Gasteiger partial charge >= 0.3 is 6.09 Å². The molecule has 2 fully saturated rings. The number of anilines is 1. The second-order valence-corrected chi connectivity index (χ2v) is 19.1. The molecule has 2 aromatic rings. The molecule has 0 bridgehead atoms. The van der Waals surface area contributed by atoms with Gasteiger partial charge in [0.25, 0.3) is 0 Å². The van der Waals surface area contributed by atoms with Crippen LogP contribution in [0.25, 0.3) is 17.1 Å². The minimum Gasteiger partial charge on any atom is -0.444 e. The van der Waals surface area contributed by atoms with Gasteiger partial charge in [-0.05, 0) is 65.6 Å². The monoisotopic (exact) mass is 587 g/mol. The first kappa shape index (κ1) is 31.5. The fourth-order valence-electron chi connectivity index (χ4n) is 5.38. The van der Waals surface area contributed by atoms with Crippen LogP contribution in [0.1, 0.15) is 79.8 Å². The summed E-state index contributed by atoms with van der Waals surface area (Å²) >= 11 is 0. The standard InChI is InChI=1S/C30H49N5O5Si/c1-28(2,3)40-27(36)32-16-20-15-21(24-23(20)38-30(7,8)39-24)35-17-19(22-25(31)33-18-34-26(22)35)13-11-12-14-37-41(9,10)29(4,5)6/h11,13,17-18,20-21,23-24H,12,14-16H2,1-10H3,(H,32,36)(H2,31,33,34)/b13-11+/t20-,21-,23-,24+/m1/s1. The number of nitrogen functional groups attached to an aromatic ring is 1. The van der Waals surface area contributed by atoms with Gasteiger partial charge in [-0.1, -0.05) is 32.9 Å². The second-order valence-electron chi connectivity index (χ2n) is 14.3. The SMILES string of the molecule is CC(C)(C)OC(=O)NC[C@H]1C[C@@H](n2cc(/C=C/CCO[Si](C)(C)C(C)(C)C)c3c(N)ncnc32)[C@@H]2OC(C)(C)O[C@H]12. The molecule has 228 valence electrons. The van der Waals surface area contributed by atoms with Gasteiger partial charge in [-0.2, -0.15) is 0 Å². The zero-order valence-electron chi connectivity index (χ0n) is 26.4. The van der Waals surface area contributed by atoms with Crippen molar-refractivity contribution in [1.82, 2.24) is 19.9 Å². The number of nitrogens with one attached hydrogen (secondary N) is 1. The van der Waals surface area contributed by atoms with Crippen molar-refractivity contribution in [3.05, 3.63) is 24.2 Å². The van der Waals surface area contributed by atoms with Crippen LogP contribution in [0, 0.1) is 5.92 Å². The number of alkyl carbamates (subject to hydrolysis) is 1. The van der Waals surface area contributed by atoms with Crippen LogP contribution in [0.3, 0.4) is 0 Å². The van der Waals surface area contributed by atoms with E-state index in [1.54, 1.807) is 0 Å². The Hall–Kier alpha value is -2.47. The van der Waals surface area contributed by atoms with Gasteiger partial charge in [-0.25, -0.2) is 14.8 Å². The summed E-state index contributed by atoms with van der Waals surface area (Å²) in [6.45, 7) is 21.8. The molecule has 1 aliphatic heterocycles. The average molecular weight is 588 g/mol. The van der Waals surface area contributed by atoms with Crippen molar-refractivity contribution < 1.29 is 23.4 Å². The average Bonchev–Trinajstić information content (AvgIpc) is 3.44. The highest BCUT2D eigenvalue weighted by Gasteiger charge is 2.54. The number of carbonyl (C=O) groups excluding carboxylic acids is 1. The van der Waals surface area contributed by atoms with E-state index in [-0.39, 0.29) is 29.2 Å². The molecule has 2 aliphatic rings. The molecule has 10 nitrogen and oxygen atoms in total. The number of nitrogens with two attached hydrogens (primary N) is 1. The number of carbonyl (C=O) groups is 1. The molecule has 0 unspecified atom stereocenters. The molecule has 0 aromatic carbocycles. The Kier molecular flexibility index (Phi) is 8.68. The zero-order valence-corrected chi connectivity index (χ0v) is 27.4. The van der Waals surface area contributed by atoms with E-state index in [4.69, 9.17) is 24.4 Å². The topological polar surface area (TPSA) is 123 Å². The first-order valence-corrected chi connectivity index (χ1v) is 17.5. The van der Waals surface area contributed by atoms with Crippen LogP contribution in [0.5, 0.6) is 0 Å². The van der Waals surface area contributed by atoms with E-state index in [9.17, 15) is 4.79 Å². The summed E-state index contributed by atoms with van der Waals surface area (Å²) in [6.07, 6.45) is 8.49. The van der Waals surface area contributed by atoms with Crippen LogP contribution < -0.4 is 11.1 Å². The van der Waals surface area contributed by atoms with Gasteiger partial charge in [0.2, 0.25) is 0 Å². The van der Waals surface area contributed by atoms with Gasteiger partial charge < -0.3 is 34.3 Å². The lowest BCUT2D eigenvalue weighted by Gasteiger charge is -2.36. The minimum absolute atomic E-state index is 0.0300. The summed E-state index contributed by atoms with van der Waals surface area (Å²) in [4.78, 5) is 21.3. The molecule has 3 N–H and O–H groups in total. The third kappa shape index (κ3) is 7.13. The third-order valence-corrected chi connectivity index (χ3v) is 12.9. The number of hydrogen-bond acceptors (Lipinski definition) is 8. The van der Waals surface area contributed by atoms with E-state index in [2.05, 4.69) is 72.1 Å².